The molecule has 1 unspecified atom stereocenters. The van der Waals surface area contributed by atoms with Gasteiger partial charge in [0.2, 0.25) is 0 Å². The number of methoxy groups -OCH3 is 1. The summed E-state index contributed by atoms with van der Waals surface area (Å²) in [7, 11) is 1.54. The maximum atomic E-state index is 12.5. The van der Waals surface area contributed by atoms with Crippen molar-refractivity contribution in [2.45, 2.75) is 26.3 Å². The first kappa shape index (κ1) is 19.2. The highest BCUT2D eigenvalue weighted by molar-refractivity contribution is 5.99. The Morgan fingerprint density at radius 3 is 2.62 bits per heavy atom. The van der Waals surface area contributed by atoms with Crippen LogP contribution in [0, 0.1) is 0 Å². The first-order chi connectivity index (χ1) is 12.4. The molecule has 7 nitrogen and oxygen atoms in total. The van der Waals surface area contributed by atoms with Gasteiger partial charge in [0.25, 0.3) is 5.91 Å². The standard InChI is InChI=1S/C19H22N2O5/c1-4-26-18(23)10-16(13-6-5-7-15(8-13)25-3)21-19(24)17-9-14(11-20-17)12(2)22/h5-9,11,16,20H,4,10H2,1-3H3,(H,21,24). The number of hydrogen-bond acceptors (Lipinski definition) is 5. The monoisotopic (exact) mass is 358 g/mol. The topological polar surface area (TPSA) is 97.5 Å². The van der Waals surface area contributed by atoms with Crippen LogP contribution >= 0.6 is 0 Å². The van der Waals surface area contributed by atoms with Crippen LogP contribution in [-0.2, 0) is 9.53 Å². The Bertz CT molecular complexity index is 797. The lowest BCUT2D eigenvalue weighted by Crippen LogP contribution is -2.31. The zero-order valence-electron chi connectivity index (χ0n) is 15.0. The van der Waals surface area contributed by atoms with Gasteiger partial charge in [0.1, 0.15) is 11.4 Å². The summed E-state index contributed by atoms with van der Waals surface area (Å²) in [5, 5.41) is 2.80. The number of esters is 1. The van der Waals surface area contributed by atoms with E-state index in [0.29, 0.717) is 16.9 Å². The number of H-pyrrole nitrogens is 1. The van der Waals surface area contributed by atoms with Crippen molar-refractivity contribution in [3.8, 4) is 5.75 Å². The molecular weight excluding hydrogens is 336 g/mol. The second-order valence-corrected chi connectivity index (χ2v) is 5.67. The smallest absolute Gasteiger partial charge is 0.308 e. The Labute approximate surface area is 151 Å². The Hall–Kier alpha value is -3.09. The highest BCUT2D eigenvalue weighted by Crippen LogP contribution is 2.23. The van der Waals surface area contributed by atoms with E-state index in [0.717, 1.165) is 0 Å². The maximum Gasteiger partial charge on any atom is 0.308 e. The number of hydrogen-bond donors (Lipinski definition) is 2. The number of ketones is 1. The second-order valence-electron chi connectivity index (χ2n) is 5.67. The molecule has 0 aliphatic rings. The molecule has 0 radical (unpaired) electrons. The van der Waals surface area contributed by atoms with Gasteiger partial charge < -0.3 is 19.8 Å². The van der Waals surface area contributed by atoms with Crippen LogP contribution in [0.3, 0.4) is 0 Å². The first-order valence-electron chi connectivity index (χ1n) is 8.24. The van der Waals surface area contributed by atoms with Crippen molar-refractivity contribution < 1.29 is 23.9 Å². The number of benzene rings is 1. The molecule has 2 aromatic rings. The molecule has 1 heterocycles. The van der Waals surface area contributed by atoms with Crippen LogP contribution in [0.4, 0.5) is 0 Å². The van der Waals surface area contributed by atoms with Crippen molar-refractivity contribution in [3.05, 3.63) is 53.3 Å². The molecule has 2 rings (SSSR count). The highest BCUT2D eigenvalue weighted by atomic mass is 16.5. The summed E-state index contributed by atoms with van der Waals surface area (Å²) in [4.78, 5) is 38.6. The number of ether oxygens (including phenoxy) is 2. The maximum absolute atomic E-state index is 12.5. The summed E-state index contributed by atoms with van der Waals surface area (Å²) >= 11 is 0. The van der Waals surface area contributed by atoms with E-state index in [1.807, 2.05) is 0 Å². The summed E-state index contributed by atoms with van der Waals surface area (Å²) < 4.78 is 10.2. The number of rotatable bonds is 8. The molecule has 1 aromatic heterocycles. The van der Waals surface area contributed by atoms with Crippen LogP contribution < -0.4 is 10.1 Å². The van der Waals surface area contributed by atoms with Gasteiger partial charge in [-0.2, -0.15) is 0 Å². The van der Waals surface area contributed by atoms with E-state index < -0.39 is 17.9 Å². The molecule has 2 N–H and O–H groups in total. The van der Waals surface area contributed by atoms with Crippen molar-refractivity contribution in [2.75, 3.05) is 13.7 Å². The van der Waals surface area contributed by atoms with E-state index >= 15 is 0 Å². The lowest BCUT2D eigenvalue weighted by molar-refractivity contribution is -0.143. The molecule has 138 valence electrons. The fourth-order valence-corrected chi connectivity index (χ4v) is 2.46. The summed E-state index contributed by atoms with van der Waals surface area (Å²) in [5.41, 5.74) is 1.37. The summed E-state index contributed by atoms with van der Waals surface area (Å²) in [6.45, 7) is 3.40. The number of aromatic nitrogens is 1. The Morgan fingerprint density at radius 2 is 2.00 bits per heavy atom. The number of carbonyl (C=O) groups is 3. The van der Waals surface area contributed by atoms with Gasteiger partial charge in [-0.05, 0) is 37.6 Å². The number of amides is 1. The van der Waals surface area contributed by atoms with Crippen molar-refractivity contribution >= 4 is 17.7 Å². The number of Topliss-reactive ketones (excluding diaryl/α,β-unsaturated/α-hetero) is 1. The molecule has 0 spiro atoms. The Kier molecular flexibility index (Phi) is 6.54. The van der Waals surface area contributed by atoms with Gasteiger partial charge in [-0.3, -0.25) is 14.4 Å². The average molecular weight is 358 g/mol. The van der Waals surface area contributed by atoms with Gasteiger partial charge in [0.15, 0.2) is 5.78 Å². The normalized spacial score (nSPS) is 11.5. The third-order valence-electron chi connectivity index (χ3n) is 3.81. The van der Waals surface area contributed by atoms with E-state index in [1.54, 1.807) is 38.3 Å². The van der Waals surface area contributed by atoms with E-state index in [-0.39, 0.29) is 24.5 Å². The van der Waals surface area contributed by atoms with Gasteiger partial charge in [-0.25, -0.2) is 0 Å². The Balaban J connectivity index is 2.22. The molecule has 26 heavy (non-hydrogen) atoms. The largest absolute Gasteiger partial charge is 0.497 e. The van der Waals surface area contributed by atoms with Gasteiger partial charge in [-0.1, -0.05) is 12.1 Å². The number of nitrogens with one attached hydrogen (secondary N) is 2. The molecule has 0 fully saturated rings. The molecule has 1 amide bonds. The minimum absolute atomic E-state index is 0.0208. The van der Waals surface area contributed by atoms with Crippen LogP contribution in [0.15, 0.2) is 36.5 Å². The fourth-order valence-electron chi connectivity index (χ4n) is 2.46. The lowest BCUT2D eigenvalue weighted by Gasteiger charge is -2.19. The van der Waals surface area contributed by atoms with Crippen molar-refractivity contribution in [1.82, 2.24) is 10.3 Å². The van der Waals surface area contributed by atoms with Gasteiger partial charge in [-0.15, -0.1) is 0 Å². The zero-order valence-corrected chi connectivity index (χ0v) is 15.0. The lowest BCUT2D eigenvalue weighted by atomic mass is 10.0. The van der Waals surface area contributed by atoms with Crippen LogP contribution in [0.5, 0.6) is 5.75 Å². The van der Waals surface area contributed by atoms with Crippen LogP contribution in [-0.4, -0.2) is 36.4 Å². The average Bonchev–Trinajstić information content (AvgIpc) is 3.12. The van der Waals surface area contributed by atoms with Crippen LogP contribution in [0.2, 0.25) is 0 Å². The minimum atomic E-state index is -0.597. The molecular formula is C19H22N2O5. The highest BCUT2D eigenvalue weighted by Gasteiger charge is 2.21. The molecule has 1 atom stereocenters. The molecule has 7 heteroatoms. The quantitative estimate of drug-likeness (QED) is 0.558. The van der Waals surface area contributed by atoms with E-state index in [1.165, 1.54) is 19.2 Å². The first-order valence-corrected chi connectivity index (χ1v) is 8.24. The fraction of sp³-hybridized carbons (Fsp3) is 0.316. The predicted molar refractivity (Wildman–Crippen MR) is 95.2 cm³/mol. The van der Waals surface area contributed by atoms with Gasteiger partial charge >= 0.3 is 5.97 Å². The third kappa shape index (κ3) is 4.95. The number of carbonyl (C=O) groups excluding carboxylic acids is 3. The summed E-state index contributed by atoms with van der Waals surface area (Å²) in [6, 6.07) is 7.98. The molecule has 0 aliphatic carbocycles. The Morgan fingerprint density at radius 1 is 1.23 bits per heavy atom. The summed E-state index contributed by atoms with van der Waals surface area (Å²) in [6.07, 6.45) is 1.45. The van der Waals surface area contributed by atoms with Gasteiger partial charge in [0, 0.05) is 11.8 Å². The summed E-state index contributed by atoms with van der Waals surface area (Å²) in [5.74, 6) is -0.369. The third-order valence-corrected chi connectivity index (χ3v) is 3.81. The van der Waals surface area contributed by atoms with Crippen molar-refractivity contribution in [1.29, 1.82) is 0 Å². The molecule has 0 saturated heterocycles. The molecule has 1 aromatic carbocycles. The number of aromatic amines is 1. The van der Waals surface area contributed by atoms with Crippen molar-refractivity contribution in [2.24, 2.45) is 0 Å². The van der Waals surface area contributed by atoms with E-state index in [2.05, 4.69) is 10.3 Å². The van der Waals surface area contributed by atoms with Crippen LogP contribution in [0.25, 0.3) is 0 Å². The molecule has 0 saturated carbocycles. The van der Waals surface area contributed by atoms with Crippen LogP contribution in [0.1, 0.15) is 52.7 Å². The second kappa shape index (κ2) is 8.84. The van der Waals surface area contributed by atoms with E-state index in [9.17, 15) is 14.4 Å². The SMILES string of the molecule is CCOC(=O)CC(NC(=O)c1cc(C(C)=O)c[nH]1)c1cccc(OC)c1. The van der Waals surface area contributed by atoms with E-state index in [4.69, 9.17) is 9.47 Å². The molecule has 0 aliphatic heterocycles. The van der Waals surface area contributed by atoms with Gasteiger partial charge in [0.05, 0.1) is 26.2 Å². The predicted octanol–water partition coefficient (Wildman–Crippen LogP) is 2.65. The van der Waals surface area contributed by atoms with Crippen molar-refractivity contribution in [3.63, 3.8) is 0 Å². The minimum Gasteiger partial charge on any atom is -0.497 e. The molecule has 0 bridgehead atoms. The zero-order chi connectivity index (χ0) is 19.1.